The maximum Gasteiger partial charge on any atom is 0.320 e. The van der Waals surface area contributed by atoms with E-state index in [0.717, 1.165) is 51.4 Å². The smallest absolute Gasteiger partial charge is 0.320 e. The summed E-state index contributed by atoms with van der Waals surface area (Å²) in [6, 6.07) is 0.662. The van der Waals surface area contributed by atoms with Gasteiger partial charge in [0, 0.05) is 86.7 Å². The number of ether oxygens (including phenoxy) is 1. The highest BCUT2D eigenvalue weighted by Crippen LogP contribution is 2.47. The molecule has 8 unspecified atom stereocenters. The summed E-state index contributed by atoms with van der Waals surface area (Å²) in [4.78, 5) is 41.8. The number of urea groups is 2. The summed E-state index contributed by atoms with van der Waals surface area (Å²) < 4.78 is 6.31. The van der Waals surface area contributed by atoms with Crippen molar-refractivity contribution in [3.05, 3.63) is 0 Å². The molecule has 2 fully saturated rings. The highest BCUT2D eigenvalue weighted by atomic mass is 16.5. The molecule has 2 heterocycles. The van der Waals surface area contributed by atoms with Gasteiger partial charge in [0.15, 0.2) is 0 Å². The first-order valence-electron chi connectivity index (χ1n) is 21.1. The molecule has 2 aliphatic rings. The Hall–Kier alpha value is -1.58. The third-order valence-electron chi connectivity index (χ3n) is 15.3. The molecule has 300 valence electrons. The van der Waals surface area contributed by atoms with Crippen molar-refractivity contribution in [3.8, 4) is 0 Å². The van der Waals surface area contributed by atoms with Crippen LogP contribution in [0.1, 0.15) is 148 Å². The minimum atomic E-state index is 0.00871. The van der Waals surface area contributed by atoms with Gasteiger partial charge in [-0.2, -0.15) is 0 Å². The van der Waals surface area contributed by atoms with Gasteiger partial charge in [0.25, 0.3) is 0 Å². The monoisotopic (exact) mass is 721 g/mol. The molecule has 0 spiro atoms. The van der Waals surface area contributed by atoms with Crippen LogP contribution in [0.5, 0.6) is 0 Å². The second-order valence-electron chi connectivity index (χ2n) is 17.0. The zero-order valence-electron chi connectivity index (χ0n) is 36.5. The highest BCUT2D eigenvalue weighted by molar-refractivity contribution is 5.75. The third kappa shape index (κ3) is 9.21. The van der Waals surface area contributed by atoms with Gasteiger partial charge in [-0.15, -0.1) is 0 Å². The van der Waals surface area contributed by atoms with Crippen LogP contribution in [0.2, 0.25) is 0 Å². The standard InChI is InChI=1S/C42H84N6O3/c1-17-39(11)31-35(33(9)41(13,19-3)43(39)15)47(37(49)45(21-5)22-6)27-25-29-51-30-26-28-48(38(50)46(23-7)24-8)36-32-40(12,18-2)44(16)42(14,20-4)34(36)10/h33-36H,17-32H2,1-16H3. The van der Waals surface area contributed by atoms with Gasteiger partial charge in [-0.05, 0) is 133 Å². The van der Waals surface area contributed by atoms with E-state index in [4.69, 9.17) is 4.74 Å². The molecule has 9 heteroatoms. The quantitative estimate of drug-likeness (QED) is 0.133. The lowest BCUT2D eigenvalue weighted by Gasteiger charge is -2.61. The Morgan fingerprint density at radius 3 is 1.16 bits per heavy atom. The number of carbonyl (C=O) groups is 2. The van der Waals surface area contributed by atoms with E-state index < -0.39 is 0 Å². The number of carbonyl (C=O) groups excluding carboxylic acids is 2. The first-order chi connectivity index (χ1) is 23.9. The lowest BCUT2D eigenvalue weighted by atomic mass is 9.67. The molecule has 0 radical (unpaired) electrons. The summed E-state index contributed by atoms with van der Waals surface area (Å²) in [7, 11) is 4.58. The average molecular weight is 721 g/mol. The number of nitrogens with zero attached hydrogens (tertiary/aromatic N) is 6. The molecule has 2 rings (SSSR count). The third-order valence-corrected chi connectivity index (χ3v) is 15.3. The molecule has 0 aliphatic carbocycles. The summed E-state index contributed by atoms with van der Waals surface area (Å²) in [6.07, 6.45) is 7.76. The molecule has 0 aromatic heterocycles. The normalized spacial score (nSPS) is 33.3. The van der Waals surface area contributed by atoms with Crippen LogP contribution in [-0.4, -0.2) is 142 Å². The van der Waals surface area contributed by atoms with Crippen LogP contribution in [0.4, 0.5) is 9.59 Å². The molecule has 0 saturated carbocycles. The van der Waals surface area contributed by atoms with Gasteiger partial charge in [0.2, 0.25) is 0 Å². The summed E-state index contributed by atoms with van der Waals surface area (Å²) in [5.74, 6) is 0.681. The van der Waals surface area contributed by atoms with E-state index >= 15 is 0 Å². The van der Waals surface area contributed by atoms with Crippen LogP contribution in [0, 0.1) is 11.8 Å². The molecule has 4 amide bonds. The fourth-order valence-corrected chi connectivity index (χ4v) is 9.78. The van der Waals surface area contributed by atoms with Gasteiger partial charge in [-0.3, -0.25) is 9.80 Å². The lowest BCUT2D eigenvalue weighted by molar-refractivity contribution is -0.100. The Kier molecular flexibility index (Phi) is 17.1. The zero-order valence-corrected chi connectivity index (χ0v) is 36.5. The molecule has 9 nitrogen and oxygen atoms in total. The predicted octanol–water partition coefficient (Wildman–Crippen LogP) is 8.67. The van der Waals surface area contributed by atoms with Crippen LogP contribution in [0.15, 0.2) is 0 Å². The summed E-state index contributed by atoms with van der Waals surface area (Å²) in [6.45, 7) is 37.2. The number of hydrogen-bond acceptors (Lipinski definition) is 5. The Balaban J connectivity index is 2.20. The van der Waals surface area contributed by atoms with Gasteiger partial charge < -0.3 is 24.3 Å². The summed E-state index contributed by atoms with van der Waals surface area (Å²) in [5, 5.41) is 0. The SMILES string of the molecule is CCN(CC)C(=O)N(CCCOCCCN(C(=O)N(CC)CC)C1CC(C)(CC)N(C)C(C)(CC)C1C)C1CC(C)(CC)N(C)C(C)(CC)C1C. The van der Waals surface area contributed by atoms with E-state index in [1.54, 1.807) is 0 Å². The van der Waals surface area contributed by atoms with Crippen molar-refractivity contribution in [1.29, 1.82) is 0 Å². The van der Waals surface area contributed by atoms with Crippen molar-refractivity contribution in [2.24, 2.45) is 11.8 Å². The molecule has 51 heavy (non-hydrogen) atoms. The average Bonchev–Trinajstić information content (AvgIpc) is 3.13. The molecular formula is C42H84N6O3. The molecule has 2 aliphatic heterocycles. The van der Waals surface area contributed by atoms with Gasteiger partial charge in [-0.1, -0.05) is 41.5 Å². The Bertz CT molecular complexity index is 1000. The lowest BCUT2D eigenvalue weighted by Crippen LogP contribution is -2.69. The van der Waals surface area contributed by atoms with Crippen molar-refractivity contribution in [2.75, 3.05) is 66.6 Å². The Labute approximate surface area is 316 Å². The maximum atomic E-state index is 14.1. The van der Waals surface area contributed by atoms with Gasteiger partial charge in [0.1, 0.15) is 0 Å². The van der Waals surface area contributed by atoms with Crippen molar-refractivity contribution < 1.29 is 14.3 Å². The molecule has 0 N–H and O–H groups in total. The van der Waals surface area contributed by atoms with E-state index in [-0.39, 0.29) is 46.3 Å². The first-order valence-corrected chi connectivity index (χ1v) is 21.1. The second kappa shape index (κ2) is 19.1. The predicted molar refractivity (Wildman–Crippen MR) is 216 cm³/mol. The largest absolute Gasteiger partial charge is 0.381 e. The number of amides is 4. The van der Waals surface area contributed by atoms with Gasteiger partial charge in [0.05, 0.1) is 0 Å². The second-order valence-corrected chi connectivity index (χ2v) is 17.0. The minimum Gasteiger partial charge on any atom is -0.381 e. The molecule has 0 aromatic carbocycles. The fourth-order valence-electron chi connectivity index (χ4n) is 9.78. The van der Waals surface area contributed by atoms with Crippen LogP contribution in [-0.2, 0) is 4.74 Å². The number of piperidine rings is 2. The molecular weight excluding hydrogens is 637 g/mol. The van der Waals surface area contributed by atoms with Crippen molar-refractivity contribution in [1.82, 2.24) is 29.4 Å². The van der Waals surface area contributed by atoms with E-state index in [9.17, 15) is 9.59 Å². The van der Waals surface area contributed by atoms with Gasteiger partial charge >= 0.3 is 12.1 Å². The number of hydrogen-bond donors (Lipinski definition) is 0. The minimum absolute atomic E-state index is 0.00871. The number of rotatable bonds is 18. The maximum absolute atomic E-state index is 14.1. The van der Waals surface area contributed by atoms with E-state index in [0.29, 0.717) is 64.3 Å². The number of likely N-dealkylation sites (tertiary alicyclic amines) is 2. The Morgan fingerprint density at radius 1 is 0.588 bits per heavy atom. The molecule has 0 aromatic rings. The molecule has 0 bridgehead atoms. The Morgan fingerprint density at radius 2 is 0.902 bits per heavy atom. The van der Waals surface area contributed by atoms with Crippen molar-refractivity contribution >= 4 is 12.1 Å². The van der Waals surface area contributed by atoms with Crippen LogP contribution in [0.3, 0.4) is 0 Å². The van der Waals surface area contributed by atoms with E-state index in [1.165, 1.54) is 0 Å². The first kappa shape index (κ1) is 45.6. The topological polar surface area (TPSA) is 62.8 Å². The van der Waals surface area contributed by atoms with Crippen LogP contribution < -0.4 is 0 Å². The highest BCUT2D eigenvalue weighted by Gasteiger charge is 2.54. The molecule has 2 saturated heterocycles. The van der Waals surface area contributed by atoms with Gasteiger partial charge in [-0.25, -0.2) is 9.59 Å². The zero-order chi connectivity index (χ0) is 38.9. The fraction of sp³-hybridized carbons (Fsp3) is 0.952. The van der Waals surface area contributed by atoms with Crippen molar-refractivity contribution in [2.45, 2.75) is 183 Å². The van der Waals surface area contributed by atoms with E-state index in [1.807, 2.05) is 9.80 Å². The van der Waals surface area contributed by atoms with Crippen LogP contribution >= 0.6 is 0 Å². The summed E-state index contributed by atoms with van der Waals surface area (Å²) in [5.41, 5.74) is 0.0790. The molecule has 8 atom stereocenters. The summed E-state index contributed by atoms with van der Waals surface area (Å²) >= 11 is 0. The van der Waals surface area contributed by atoms with E-state index in [2.05, 4.69) is 131 Å². The van der Waals surface area contributed by atoms with Crippen LogP contribution in [0.25, 0.3) is 0 Å². The van der Waals surface area contributed by atoms with Crippen molar-refractivity contribution in [3.63, 3.8) is 0 Å².